The van der Waals surface area contributed by atoms with Gasteiger partial charge in [0.1, 0.15) is 29.9 Å². The standard InChI is InChI=1S/C29H45N9O8.2C2HF3O2/c1-16(2)24-28(45)37-20(13-17-6-8-18(9-7-17)46-12-4-10-30)27(44)36-21(14-23(40)41)25(42)34-15-22(39)35-19(26(43)38-24)5-3-11-33-29(31)32;2*3-2(4,5)1(6)7/h6-9,16,19-21,24H,3-5,10-15,30H2,1-2H3,(H,34,42)(H,35,39)(H,36,44)(H,37,45)(H,38,43)(H,40,41)(H4,31,32,33);2*(H,6,7)/t19?,20?,21-,24-;;/m1../s1. The van der Waals surface area contributed by atoms with Crippen LogP contribution in [0.5, 0.6) is 5.75 Å². The molecule has 2 unspecified atom stereocenters. The molecule has 27 heteroatoms. The van der Waals surface area contributed by atoms with Crippen molar-refractivity contribution in [2.24, 2.45) is 28.1 Å². The van der Waals surface area contributed by atoms with Crippen LogP contribution in [0.25, 0.3) is 0 Å². The predicted molar refractivity (Wildman–Crippen MR) is 194 cm³/mol. The van der Waals surface area contributed by atoms with Gasteiger partial charge in [0, 0.05) is 13.0 Å². The number of aliphatic imine (C=N–C) groups is 1. The number of nitrogens with zero attached hydrogens (tertiary/aromatic N) is 1. The fourth-order valence-corrected chi connectivity index (χ4v) is 4.45. The zero-order valence-electron chi connectivity index (χ0n) is 32.0. The van der Waals surface area contributed by atoms with Gasteiger partial charge in [0.15, 0.2) is 5.96 Å². The normalized spacial score (nSPS) is 19.1. The third-order valence-electron chi connectivity index (χ3n) is 7.38. The van der Waals surface area contributed by atoms with Crippen molar-refractivity contribution >= 4 is 53.4 Å². The van der Waals surface area contributed by atoms with Gasteiger partial charge < -0.3 is 63.8 Å². The number of rotatable bonds is 13. The van der Waals surface area contributed by atoms with Gasteiger partial charge >= 0.3 is 30.3 Å². The van der Waals surface area contributed by atoms with Crippen LogP contribution < -0.4 is 48.5 Å². The molecule has 1 aromatic carbocycles. The third-order valence-corrected chi connectivity index (χ3v) is 7.38. The van der Waals surface area contributed by atoms with E-state index in [1.54, 1.807) is 38.1 Å². The molecule has 1 aliphatic rings. The summed E-state index contributed by atoms with van der Waals surface area (Å²) in [5, 5.41) is 36.2. The molecular weight excluding hydrogens is 828 g/mol. The fraction of sp³-hybridized carbons (Fsp3) is 0.545. The molecule has 1 aliphatic heterocycles. The molecule has 0 saturated carbocycles. The number of aliphatic carboxylic acids is 3. The number of nitrogens with two attached hydrogens (primary N) is 3. The molecule has 0 bridgehead atoms. The highest BCUT2D eigenvalue weighted by atomic mass is 19.4. The van der Waals surface area contributed by atoms with Crippen LogP contribution in [0.1, 0.15) is 45.1 Å². The lowest BCUT2D eigenvalue weighted by molar-refractivity contribution is -0.193. The van der Waals surface area contributed by atoms with Crippen LogP contribution >= 0.6 is 0 Å². The predicted octanol–water partition coefficient (Wildman–Crippen LogP) is -1.52. The monoisotopic (exact) mass is 875 g/mol. The van der Waals surface area contributed by atoms with Gasteiger partial charge in [0.2, 0.25) is 29.5 Å². The van der Waals surface area contributed by atoms with Crippen molar-refractivity contribution in [3.05, 3.63) is 29.8 Å². The molecule has 0 radical (unpaired) electrons. The molecule has 0 spiro atoms. The lowest BCUT2D eigenvalue weighted by Crippen LogP contribution is -2.59. The first-order chi connectivity index (χ1) is 27.7. The molecule has 0 aromatic heterocycles. The number of benzene rings is 1. The largest absolute Gasteiger partial charge is 0.494 e. The Morgan fingerprint density at radius 1 is 0.783 bits per heavy atom. The van der Waals surface area contributed by atoms with E-state index >= 15 is 0 Å². The van der Waals surface area contributed by atoms with Gasteiger partial charge in [-0.2, -0.15) is 26.3 Å². The van der Waals surface area contributed by atoms with Gasteiger partial charge in [-0.1, -0.05) is 26.0 Å². The summed E-state index contributed by atoms with van der Waals surface area (Å²) < 4.78 is 69.1. The van der Waals surface area contributed by atoms with Crippen molar-refractivity contribution in [2.45, 2.75) is 82.5 Å². The maximum atomic E-state index is 13.6. The van der Waals surface area contributed by atoms with E-state index in [0.717, 1.165) is 0 Å². The van der Waals surface area contributed by atoms with E-state index in [9.17, 15) is 60.2 Å². The zero-order valence-corrected chi connectivity index (χ0v) is 32.0. The number of carbonyl (C=O) groups excluding carboxylic acids is 5. The van der Waals surface area contributed by atoms with E-state index in [4.69, 9.17) is 41.7 Å². The van der Waals surface area contributed by atoms with Gasteiger partial charge in [-0.15, -0.1) is 0 Å². The average molecular weight is 876 g/mol. The minimum Gasteiger partial charge on any atom is -0.494 e. The number of hydrogen-bond donors (Lipinski definition) is 11. The highest BCUT2D eigenvalue weighted by Gasteiger charge is 2.39. The van der Waals surface area contributed by atoms with Gasteiger partial charge in [-0.3, -0.25) is 33.8 Å². The van der Waals surface area contributed by atoms with E-state index in [-0.39, 0.29) is 25.3 Å². The smallest absolute Gasteiger partial charge is 0.490 e. The molecule has 1 aromatic rings. The number of ether oxygens (including phenoxy) is 1. The van der Waals surface area contributed by atoms with Crippen LogP contribution in [-0.2, 0) is 44.8 Å². The average Bonchev–Trinajstić information content (AvgIpc) is 3.13. The van der Waals surface area contributed by atoms with Crippen molar-refractivity contribution in [3.63, 3.8) is 0 Å². The van der Waals surface area contributed by atoms with Gasteiger partial charge in [0.25, 0.3) is 0 Å². The Balaban J connectivity index is 0.00000211. The van der Waals surface area contributed by atoms with Crippen molar-refractivity contribution in [1.82, 2.24) is 26.6 Å². The Bertz CT molecular complexity index is 1630. The van der Waals surface area contributed by atoms with Crippen LogP contribution in [-0.4, -0.2) is 131 Å². The topological polar surface area (TPSA) is 357 Å². The van der Waals surface area contributed by atoms with Crippen LogP contribution in [0.3, 0.4) is 0 Å². The van der Waals surface area contributed by atoms with Gasteiger partial charge in [-0.25, -0.2) is 9.59 Å². The molecule has 338 valence electrons. The van der Waals surface area contributed by atoms with Crippen LogP contribution in [0.2, 0.25) is 0 Å². The molecule has 5 amide bonds. The SMILES string of the molecule is CC(C)[C@H]1NC(=O)C(CCCN=C(N)N)NC(=O)CNC(=O)[C@@H](CC(=O)O)NC(=O)C(Cc2ccc(OCCCN)cc2)NC1=O.O=C(O)C(F)(F)F.O=C(O)C(F)(F)F. The maximum Gasteiger partial charge on any atom is 0.490 e. The number of carboxylic acid groups (broad SMARTS) is 3. The van der Waals surface area contributed by atoms with E-state index < -0.39 is 103 Å². The number of carboxylic acids is 3. The number of nitrogens with one attached hydrogen (secondary N) is 5. The Morgan fingerprint density at radius 3 is 1.77 bits per heavy atom. The first-order valence-corrected chi connectivity index (χ1v) is 17.5. The second kappa shape index (κ2) is 25.8. The van der Waals surface area contributed by atoms with Crippen LogP contribution in [0, 0.1) is 5.92 Å². The Hall–Kier alpha value is -6.41. The van der Waals surface area contributed by atoms with E-state index in [0.29, 0.717) is 37.3 Å². The first-order valence-electron chi connectivity index (χ1n) is 17.5. The summed E-state index contributed by atoms with van der Waals surface area (Å²) in [4.78, 5) is 99.3. The fourth-order valence-electron chi connectivity index (χ4n) is 4.45. The second-order valence-corrected chi connectivity index (χ2v) is 12.7. The highest BCUT2D eigenvalue weighted by Crippen LogP contribution is 2.16. The molecule has 2 rings (SSSR count). The number of amides is 5. The molecule has 14 N–H and O–H groups in total. The van der Waals surface area contributed by atoms with Crippen molar-refractivity contribution < 1.29 is 84.8 Å². The molecular formula is C33H47F6N9O12. The van der Waals surface area contributed by atoms with Gasteiger partial charge in [-0.05, 0) is 49.4 Å². The molecule has 1 saturated heterocycles. The lowest BCUT2D eigenvalue weighted by Gasteiger charge is -2.27. The summed E-state index contributed by atoms with van der Waals surface area (Å²) in [6, 6.07) is 1.66. The quantitative estimate of drug-likeness (QED) is 0.0464. The van der Waals surface area contributed by atoms with E-state index in [2.05, 4.69) is 31.6 Å². The van der Waals surface area contributed by atoms with Crippen LogP contribution in [0.15, 0.2) is 29.3 Å². The minimum absolute atomic E-state index is 0.0473. The Kier molecular flexibility index (Phi) is 23.1. The number of carbonyl (C=O) groups is 8. The molecule has 4 atom stereocenters. The second-order valence-electron chi connectivity index (χ2n) is 12.7. The molecule has 21 nitrogen and oxygen atoms in total. The highest BCUT2D eigenvalue weighted by molar-refractivity contribution is 5.98. The lowest BCUT2D eigenvalue weighted by atomic mass is 9.99. The number of halogens is 6. The van der Waals surface area contributed by atoms with Crippen molar-refractivity contribution in [1.29, 1.82) is 0 Å². The summed E-state index contributed by atoms with van der Waals surface area (Å²) in [7, 11) is 0. The van der Waals surface area contributed by atoms with Gasteiger partial charge in [0.05, 0.1) is 19.6 Å². The molecule has 1 fully saturated rings. The number of hydrogen-bond acceptors (Lipinski definition) is 11. The Morgan fingerprint density at radius 2 is 1.30 bits per heavy atom. The summed E-state index contributed by atoms with van der Waals surface area (Å²) in [6.07, 6.45) is -9.97. The summed E-state index contributed by atoms with van der Waals surface area (Å²) >= 11 is 0. The van der Waals surface area contributed by atoms with Crippen LogP contribution in [0.4, 0.5) is 26.3 Å². The number of alkyl halides is 6. The third kappa shape index (κ3) is 22.5. The first kappa shape index (κ1) is 53.6. The van der Waals surface area contributed by atoms with E-state index in [1.165, 1.54) is 0 Å². The van der Waals surface area contributed by atoms with Crippen molar-refractivity contribution in [3.8, 4) is 5.75 Å². The van der Waals surface area contributed by atoms with Crippen molar-refractivity contribution in [2.75, 3.05) is 26.2 Å². The molecule has 0 aliphatic carbocycles. The molecule has 60 heavy (non-hydrogen) atoms. The Labute approximate surface area is 337 Å². The summed E-state index contributed by atoms with van der Waals surface area (Å²) in [5.41, 5.74) is 16.8. The minimum atomic E-state index is -5.08. The zero-order chi connectivity index (χ0) is 46.4. The van der Waals surface area contributed by atoms with E-state index in [1.807, 2.05) is 0 Å². The number of guanidine groups is 1. The maximum absolute atomic E-state index is 13.6. The summed E-state index contributed by atoms with van der Waals surface area (Å²) in [5.74, 6) is -10.8. The summed E-state index contributed by atoms with van der Waals surface area (Å²) in [6.45, 7) is 3.82. The molecule has 1 heterocycles.